The molecule has 7 nitrogen and oxygen atoms in total. The van der Waals surface area contributed by atoms with Crippen molar-refractivity contribution in [3.05, 3.63) is 101 Å². The summed E-state index contributed by atoms with van der Waals surface area (Å²) in [5.74, 6) is 0.197. The van der Waals surface area contributed by atoms with Gasteiger partial charge in [0.25, 0.3) is 0 Å². The average molecular weight is 526 g/mol. The molecule has 3 N–H and O–H groups in total. The van der Waals surface area contributed by atoms with Crippen molar-refractivity contribution in [2.45, 2.75) is 46.2 Å². The molecule has 0 aliphatic carbocycles. The van der Waals surface area contributed by atoms with E-state index in [2.05, 4.69) is 44.1 Å². The molecule has 38 heavy (non-hydrogen) atoms. The van der Waals surface area contributed by atoms with Crippen LogP contribution in [0, 0.1) is 20.8 Å². The molecule has 0 bridgehead atoms. The van der Waals surface area contributed by atoms with Crippen molar-refractivity contribution in [1.29, 1.82) is 0 Å². The van der Waals surface area contributed by atoms with Crippen molar-refractivity contribution >= 4 is 34.6 Å². The van der Waals surface area contributed by atoms with Crippen LogP contribution in [0.2, 0.25) is 0 Å². The van der Waals surface area contributed by atoms with Gasteiger partial charge in [-0.15, -0.1) is 0 Å². The van der Waals surface area contributed by atoms with E-state index in [0.717, 1.165) is 45.3 Å². The summed E-state index contributed by atoms with van der Waals surface area (Å²) in [6.07, 6.45) is 2.21. The van der Waals surface area contributed by atoms with Gasteiger partial charge in [0.05, 0.1) is 23.5 Å². The fourth-order valence-corrected chi connectivity index (χ4v) is 5.58. The van der Waals surface area contributed by atoms with Gasteiger partial charge in [-0.25, -0.2) is 0 Å². The number of nitrogens with zero attached hydrogens (tertiary/aromatic N) is 3. The molecule has 0 saturated carbocycles. The molecule has 3 heterocycles. The molecule has 0 unspecified atom stereocenters. The van der Waals surface area contributed by atoms with E-state index in [1.165, 1.54) is 0 Å². The summed E-state index contributed by atoms with van der Waals surface area (Å²) in [7, 11) is 0. The van der Waals surface area contributed by atoms with Crippen molar-refractivity contribution in [3.63, 3.8) is 0 Å². The third-order valence-electron chi connectivity index (χ3n) is 7.09. The maximum Gasteiger partial charge on any atom is 0.224 e. The fourth-order valence-electron chi connectivity index (χ4n) is 5.24. The van der Waals surface area contributed by atoms with E-state index in [4.69, 9.17) is 12.2 Å². The molecule has 1 aliphatic rings. The number of nitrogens with one attached hydrogen (secondary N) is 2. The molecule has 8 heteroatoms. The Morgan fingerprint density at radius 2 is 1.84 bits per heavy atom. The monoisotopic (exact) mass is 525 g/mol. The molecule has 4 aromatic rings. The van der Waals surface area contributed by atoms with Crippen LogP contribution in [-0.2, 0) is 4.79 Å². The second kappa shape index (κ2) is 10.3. The number of pyridine rings is 1. The number of amides is 1. The molecule has 5 rings (SSSR count). The summed E-state index contributed by atoms with van der Waals surface area (Å²) in [6, 6.07) is 21.0. The molecule has 1 aliphatic heterocycles. The van der Waals surface area contributed by atoms with Gasteiger partial charge < -0.3 is 25.2 Å². The van der Waals surface area contributed by atoms with Crippen molar-refractivity contribution in [3.8, 4) is 11.4 Å². The second-order valence-electron chi connectivity index (χ2n) is 9.55. The Morgan fingerprint density at radius 1 is 1.08 bits per heavy atom. The Morgan fingerprint density at radius 3 is 2.53 bits per heavy atom. The maximum atomic E-state index is 12.0. The van der Waals surface area contributed by atoms with E-state index >= 15 is 0 Å². The molecule has 1 saturated heterocycles. The summed E-state index contributed by atoms with van der Waals surface area (Å²) < 4.78 is 2.08. The Labute approximate surface area is 228 Å². The summed E-state index contributed by atoms with van der Waals surface area (Å²) in [5.41, 5.74) is 7.37. The predicted octanol–water partition coefficient (Wildman–Crippen LogP) is 6.03. The van der Waals surface area contributed by atoms with E-state index in [-0.39, 0.29) is 23.7 Å². The largest absolute Gasteiger partial charge is 0.506 e. The Kier molecular flexibility index (Phi) is 6.91. The number of benzene rings is 2. The van der Waals surface area contributed by atoms with Crippen LogP contribution in [0.1, 0.15) is 53.6 Å². The molecular weight excluding hydrogens is 494 g/mol. The number of carbonyl (C=O) groups is 1. The van der Waals surface area contributed by atoms with Gasteiger partial charge in [0.2, 0.25) is 5.91 Å². The molecule has 2 aromatic heterocycles. The van der Waals surface area contributed by atoms with Crippen molar-refractivity contribution in [1.82, 2.24) is 14.9 Å². The number of carbonyl (C=O) groups excluding carboxylic acids is 1. The molecule has 2 atom stereocenters. The number of hydrogen-bond acceptors (Lipinski definition) is 4. The van der Waals surface area contributed by atoms with E-state index in [9.17, 15) is 9.90 Å². The predicted molar refractivity (Wildman–Crippen MR) is 155 cm³/mol. The van der Waals surface area contributed by atoms with Crippen molar-refractivity contribution in [2.75, 3.05) is 10.2 Å². The molecular formula is C30H31N5O2S. The summed E-state index contributed by atoms with van der Waals surface area (Å²) >= 11 is 5.91. The van der Waals surface area contributed by atoms with Gasteiger partial charge in [-0.1, -0.05) is 25.1 Å². The molecule has 0 spiro atoms. The fraction of sp³-hybridized carbons (Fsp3) is 0.233. The first-order chi connectivity index (χ1) is 18.3. The van der Waals surface area contributed by atoms with Gasteiger partial charge in [-0.05, 0) is 92.6 Å². The number of rotatable bonds is 6. The number of hydrogen-bond donors (Lipinski definition) is 3. The SMILES string of the molecule is CCC(=O)Nc1ccc(N2C(=S)N[C@@H](c3ccccn3)[C@H]2c2cc(C)n(-c3ccccc3O)c2C)cc1C. The number of phenolic OH excluding ortho intramolecular Hbond substituents is 1. The number of aromatic hydroxyl groups is 1. The minimum Gasteiger partial charge on any atom is -0.506 e. The Balaban J connectivity index is 1.64. The lowest BCUT2D eigenvalue weighted by atomic mass is 9.96. The highest BCUT2D eigenvalue weighted by Crippen LogP contribution is 2.44. The van der Waals surface area contributed by atoms with Crippen LogP contribution < -0.4 is 15.5 Å². The lowest BCUT2D eigenvalue weighted by Crippen LogP contribution is -2.29. The Bertz CT molecular complexity index is 1510. The summed E-state index contributed by atoms with van der Waals surface area (Å²) in [6.45, 7) is 7.93. The van der Waals surface area contributed by atoms with Crippen LogP contribution >= 0.6 is 12.2 Å². The first-order valence-electron chi connectivity index (χ1n) is 12.7. The molecule has 2 aromatic carbocycles. The minimum atomic E-state index is -0.196. The smallest absolute Gasteiger partial charge is 0.224 e. The standard InChI is InChI=1S/C30H31N5O2S/c1-5-27(37)32-23-14-13-21(16-18(23)2)35-29(28(33-30(35)38)24-10-8-9-15-31-24)22-17-19(3)34(20(22)4)25-11-6-7-12-26(25)36/h6-17,28-29,36H,5H2,1-4H3,(H,32,37)(H,33,38)/t28-,29+/m0/s1. The van der Waals surface area contributed by atoms with Crippen molar-refractivity contribution < 1.29 is 9.90 Å². The maximum absolute atomic E-state index is 12.0. The van der Waals surface area contributed by atoms with E-state index in [0.29, 0.717) is 11.5 Å². The highest BCUT2D eigenvalue weighted by Gasteiger charge is 2.42. The summed E-state index contributed by atoms with van der Waals surface area (Å²) in [4.78, 5) is 18.8. The molecule has 1 fully saturated rings. The third kappa shape index (κ3) is 4.52. The van der Waals surface area contributed by atoms with E-state index in [1.54, 1.807) is 12.3 Å². The van der Waals surface area contributed by atoms with Gasteiger partial charge in [0, 0.05) is 35.4 Å². The average Bonchev–Trinajstić information content (AvgIpc) is 3.41. The van der Waals surface area contributed by atoms with Crippen LogP contribution in [0.5, 0.6) is 5.75 Å². The summed E-state index contributed by atoms with van der Waals surface area (Å²) in [5, 5.41) is 17.7. The minimum absolute atomic E-state index is 0.0242. The van der Waals surface area contributed by atoms with Crippen LogP contribution in [0.4, 0.5) is 11.4 Å². The zero-order valence-electron chi connectivity index (χ0n) is 21.9. The highest BCUT2D eigenvalue weighted by atomic mass is 32.1. The number of aryl methyl sites for hydroxylation is 2. The molecule has 1 amide bonds. The van der Waals surface area contributed by atoms with Crippen molar-refractivity contribution in [2.24, 2.45) is 0 Å². The number of aromatic nitrogens is 2. The number of phenols is 1. The lowest BCUT2D eigenvalue weighted by Gasteiger charge is -2.29. The van der Waals surface area contributed by atoms with E-state index < -0.39 is 0 Å². The van der Waals surface area contributed by atoms with Gasteiger partial charge in [-0.3, -0.25) is 9.78 Å². The quantitative estimate of drug-likeness (QED) is 0.267. The topological polar surface area (TPSA) is 82.4 Å². The van der Waals surface area contributed by atoms with Gasteiger partial charge >= 0.3 is 0 Å². The van der Waals surface area contributed by atoms with Gasteiger partial charge in [0.15, 0.2) is 5.11 Å². The van der Waals surface area contributed by atoms with Crippen LogP contribution in [0.3, 0.4) is 0 Å². The van der Waals surface area contributed by atoms with E-state index in [1.807, 2.05) is 69.3 Å². The number of anilines is 2. The second-order valence-corrected chi connectivity index (χ2v) is 9.93. The number of thiocarbonyl (C=S) groups is 1. The lowest BCUT2D eigenvalue weighted by molar-refractivity contribution is -0.115. The zero-order chi connectivity index (χ0) is 27.0. The zero-order valence-corrected chi connectivity index (χ0v) is 22.7. The van der Waals surface area contributed by atoms with Gasteiger partial charge in [0.1, 0.15) is 5.75 Å². The normalized spacial score (nSPS) is 16.9. The van der Waals surface area contributed by atoms with Crippen LogP contribution in [0.15, 0.2) is 72.9 Å². The first kappa shape index (κ1) is 25.5. The third-order valence-corrected chi connectivity index (χ3v) is 7.41. The first-order valence-corrected chi connectivity index (χ1v) is 13.1. The van der Waals surface area contributed by atoms with Crippen LogP contribution in [-0.4, -0.2) is 25.7 Å². The van der Waals surface area contributed by atoms with Crippen LogP contribution in [0.25, 0.3) is 5.69 Å². The highest BCUT2D eigenvalue weighted by molar-refractivity contribution is 7.80. The molecule has 0 radical (unpaired) electrons. The number of para-hydroxylation sites is 2. The Hall–Kier alpha value is -4.17. The molecule has 194 valence electrons. The van der Waals surface area contributed by atoms with Gasteiger partial charge in [-0.2, -0.15) is 0 Å².